The van der Waals surface area contributed by atoms with E-state index in [4.69, 9.17) is 9.73 Å². The van der Waals surface area contributed by atoms with E-state index < -0.39 is 17.7 Å². The van der Waals surface area contributed by atoms with Crippen molar-refractivity contribution in [1.82, 2.24) is 20.1 Å². The monoisotopic (exact) mass is 453 g/mol. The van der Waals surface area contributed by atoms with Gasteiger partial charge in [-0.15, -0.1) is 0 Å². The second-order valence-corrected chi connectivity index (χ2v) is 9.79. The van der Waals surface area contributed by atoms with Gasteiger partial charge in [0.1, 0.15) is 12.2 Å². The van der Waals surface area contributed by atoms with Gasteiger partial charge in [0.05, 0.1) is 23.9 Å². The van der Waals surface area contributed by atoms with Crippen molar-refractivity contribution in [3.05, 3.63) is 35.5 Å². The highest BCUT2D eigenvalue weighted by Gasteiger charge is 2.49. The Hall–Kier alpha value is -2.87. The number of hydrogen-bond acceptors (Lipinski definition) is 5. The molecule has 3 atom stereocenters. The Balaban J connectivity index is 1.64. The quantitative estimate of drug-likeness (QED) is 0.729. The van der Waals surface area contributed by atoms with Crippen molar-refractivity contribution in [2.75, 3.05) is 20.2 Å². The first-order chi connectivity index (χ1) is 15.7. The average molecular weight is 454 g/mol. The summed E-state index contributed by atoms with van der Waals surface area (Å²) in [5.41, 5.74) is 4.10. The van der Waals surface area contributed by atoms with Gasteiger partial charge in [0.15, 0.2) is 0 Å². The van der Waals surface area contributed by atoms with Crippen LogP contribution in [-0.2, 0) is 16.6 Å². The van der Waals surface area contributed by atoms with Crippen LogP contribution in [0.5, 0.6) is 0 Å². The molecule has 33 heavy (non-hydrogen) atoms. The number of rotatable bonds is 5. The molecule has 0 saturated carbocycles. The molecule has 0 spiro atoms. The summed E-state index contributed by atoms with van der Waals surface area (Å²) in [5, 5.41) is 7.52. The lowest BCUT2D eigenvalue weighted by atomic mass is 9.93. The average Bonchev–Trinajstić information content (AvgIpc) is 3.51. The molecule has 1 fully saturated rings. The SMILES string of the molecule is COC(=O)N[C@H](C(=O)N1CCC[C@@]1(C)C1N=C(c2ccc(C)c3ccn(C)c23)CN1)C(C)C. The number of aryl methyl sites for hydroxylation is 2. The minimum absolute atomic E-state index is 0.0600. The third-order valence-electron chi connectivity index (χ3n) is 7.24. The van der Waals surface area contributed by atoms with Crippen molar-refractivity contribution in [3.8, 4) is 0 Å². The maximum absolute atomic E-state index is 13.6. The second kappa shape index (κ2) is 8.82. The van der Waals surface area contributed by atoms with Crippen LogP contribution in [0.25, 0.3) is 10.9 Å². The van der Waals surface area contributed by atoms with Crippen molar-refractivity contribution in [2.24, 2.45) is 18.0 Å². The zero-order chi connectivity index (χ0) is 23.9. The molecule has 2 aliphatic rings. The van der Waals surface area contributed by atoms with E-state index in [1.165, 1.54) is 23.6 Å². The molecule has 2 amide bonds. The summed E-state index contributed by atoms with van der Waals surface area (Å²) >= 11 is 0. The fourth-order valence-electron chi connectivity index (χ4n) is 5.26. The third-order valence-corrected chi connectivity index (χ3v) is 7.24. The fourth-order valence-corrected chi connectivity index (χ4v) is 5.26. The molecule has 8 heteroatoms. The summed E-state index contributed by atoms with van der Waals surface area (Å²) in [5.74, 6) is -0.142. The summed E-state index contributed by atoms with van der Waals surface area (Å²) in [6.07, 6.45) is 3.04. The number of aromatic nitrogens is 1. The molecule has 2 aliphatic heterocycles. The molecule has 8 nitrogen and oxygen atoms in total. The molecular weight excluding hydrogens is 418 g/mol. The number of aliphatic imine (C=N–C) groups is 1. The normalized spacial score (nSPS) is 23.8. The van der Waals surface area contributed by atoms with E-state index in [0.29, 0.717) is 13.1 Å². The predicted molar refractivity (Wildman–Crippen MR) is 130 cm³/mol. The van der Waals surface area contributed by atoms with Crippen LogP contribution >= 0.6 is 0 Å². The second-order valence-electron chi connectivity index (χ2n) is 9.79. The van der Waals surface area contributed by atoms with E-state index in [-0.39, 0.29) is 18.0 Å². The lowest BCUT2D eigenvalue weighted by Gasteiger charge is -2.41. The Labute approximate surface area is 195 Å². The van der Waals surface area contributed by atoms with Crippen LogP contribution in [0.4, 0.5) is 4.79 Å². The number of nitrogens with zero attached hydrogens (tertiary/aromatic N) is 3. The molecule has 0 radical (unpaired) electrons. The van der Waals surface area contributed by atoms with Crippen LogP contribution in [0.15, 0.2) is 29.4 Å². The van der Waals surface area contributed by atoms with Crippen LogP contribution in [0.1, 0.15) is 44.7 Å². The Morgan fingerprint density at radius 2 is 2.06 bits per heavy atom. The van der Waals surface area contributed by atoms with Crippen molar-refractivity contribution < 1.29 is 14.3 Å². The highest BCUT2D eigenvalue weighted by Crippen LogP contribution is 2.36. The molecule has 2 aromatic rings. The van der Waals surface area contributed by atoms with Gasteiger partial charge in [-0.25, -0.2) is 4.79 Å². The van der Waals surface area contributed by atoms with Crippen molar-refractivity contribution in [2.45, 2.75) is 58.3 Å². The van der Waals surface area contributed by atoms with Crippen molar-refractivity contribution in [1.29, 1.82) is 0 Å². The van der Waals surface area contributed by atoms with E-state index in [1.54, 1.807) is 0 Å². The number of alkyl carbamates (subject to hydrolysis) is 1. The number of fused-ring (bicyclic) bond motifs is 1. The van der Waals surface area contributed by atoms with Gasteiger partial charge in [-0.05, 0) is 44.2 Å². The molecule has 3 heterocycles. The predicted octanol–water partition coefficient (Wildman–Crippen LogP) is 2.97. The molecule has 2 N–H and O–H groups in total. The molecule has 4 rings (SSSR count). The van der Waals surface area contributed by atoms with Gasteiger partial charge >= 0.3 is 6.09 Å². The standard InChI is InChI=1S/C25H35N5O3/c1-15(2)20(28-24(32)33-6)22(31)30-12-7-11-25(30,4)23-26-14-19(27-23)18-9-8-16(3)17-10-13-29(5)21(17)18/h8-10,13,15,20,23,26H,7,11-12,14H2,1-6H3,(H,28,32)/t20-,23?,25-/m0/s1. The zero-order valence-corrected chi connectivity index (χ0v) is 20.4. The number of ether oxygens (including phenoxy) is 1. The number of benzene rings is 1. The number of nitrogens with one attached hydrogen (secondary N) is 2. The maximum atomic E-state index is 13.6. The number of carbonyl (C=O) groups is 2. The molecule has 178 valence electrons. The Bertz CT molecular complexity index is 1100. The first-order valence-electron chi connectivity index (χ1n) is 11.7. The van der Waals surface area contributed by atoms with Crippen LogP contribution in [-0.4, -0.2) is 65.1 Å². The van der Waals surface area contributed by atoms with Gasteiger partial charge < -0.3 is 19.5 Å². The van der Waals surface area contributed by atoms with Crippen LogP contribution in [0, 0.1) is 12.8 Å². The van der Waals surface area contributed by atoms with E-state index in [9.17, 15) is 9.59 Å². The Kier molecular flexibility index (Phi) is 6.22. The van der Waals surface area contributed by atoms with Crippen molar-refractivity contribution >= 4 is 28.6 Å². The number of carbonyl (C=O) groups excluding carboxylic acids is 2. The van der Waals surface area contributed by atoms with Gasteiger partial charge in [-0.1, -0.05) is 26.0 Å². The minimum atomic E-state index is -0.639. The maximum Gasteiger partial charge on any atom is 0.407 e. The fraction of sp³-hybridized carbons (Fsp3) is 0.560. The lowest BCUT2D eigenvalue weighted by Crippen LogP contribution is -2.61. The van der Waals surface area contributed by atoms with Gasteiger partial charge in [0.2, 0.25) is 5.91 Å². The highest BCUT2D eigenvalue weighted by atomic mass is 16.5. The molecule has 1 saturated heterocycles. The van der Waals surface area contributed by atoms with Gasteiger partial charge in [0, 0.05) is 37.3 Å². The molecule has 0 aliphatic carbocycles. The summed E-state index contributed by atoms with van der Waals surface area (Å²) < 4.78 is 6.89. The van der Waals surface area contributed by atoms with Crippen LogP contribution in [0.2, 0.25) is 0 Å². The van der Waals surface area contributed by atoms with Crippen LogP contribution in [0.3, 0.4) is 0 Å². The largest absolute Gasteiger partial charge is 0.453 e. The van der Waals surface area contributed by atoms with E-state index in [2.05, 4.69) is 60.5 Å². The number of hydrogen-bond donors (Lipinski definition) is 2. The topological polar surface area (TPSA) is 88.0 Å². The first-order valence-corrected chi connectivity index (χ1v) is 11.7. The Morgan fingerprint density at radius 3 is 2.76 bits per heavy atom. The third kappa shape index (κ3) is 4.01. The number of likely N-dealkylation sites (tertiary alicyclic amines) is 1. The molecule has 1 aromatic heterocycles. The smallest absolute Gasteiger partial charge is 0.407 e. The molecular formula is C25H35N5O3. The first kappa shape index (κ1) is 23.3. The molecule has 1 aromatic carbocycles. The van der Waals surface area contributed by atoms with E-state index in [0.717, 1.165) is 24.1 Å². The Morgan fingerprint density at radius 1 is 1.30 bits per heavy atom. The van der Waals surface area contributed by atoms with E-state index >= 15 is 0 Å². The summed E-state index contributed by atoms with van der Waals surface area (Å²) in [6, 6.07) is 5.80. The highest BCUT2D eigenvalue weighted by molar-refractivity contribution is 6.12. The van der Waals surface area contributed by atoms with Gasteiger partial charge in [-0.2, -0.15) is 0 Å². The lowest BCUT2D eigenvalue weighted by molar-refractivity contribution is -0.139. The molecule has 0 bridgehead atoms. The summed E-state index contributed by atoms with van der Waals surface area (Å²) in [4.78, 5) is 32.4. The number of amides is 2. The van der Waals surface area contributed by atoms with Gasteiger partial charge in [-0.3, -0.25) is 15.1 Å². The minimum Gasteiger partial charge on any atom is -0.453 e. The zero-order valence-electron chi connectivity index (χ0n) is 20.4. The van der Waals surface area contributed by atoms with Gasteiger partial charge in [0.25, 0.3) is 0 Å². The summed E-state index contributed by atoms with van der Waals surface area (Å²) in [6.45, 7) is 9.39. The number of methoxy groups -OCH3 is 1. The summed E-state index contributed by atoms with van der Waals surface area (Å²) in [7, 11) is 3.37. The van der Waals surface area contributed by atoms with E-state index in [1.807, 2.05) is 18.7 Å². The molecule has 1 unspecified atom stereocenters. The van der Waals surface area contributed by atoms with Crippen LogP contribution < -0.4 is 10.6 Å². The van der Waals surface area contributed by atoms with Crippen molar-refractivity contribution in [3.63, 3.8) is 0 Å².